The molecule has 102 valence electrons. The van der Waals surface area contributed by atoms with Crippen molar-refractivity contribution in [3.05, 3.63) is 29.8 Å². The number of nitrogens with one attached hydrogen (secondary N) is 1. The molecule has 1 aromatic carbocycles. The first-order valence-electron chi connectivity index (χ1n) is 6.46. The molecule has 0 aromatic heterocycles. The molecule has 1 aliphatic heterocycles. The zero-order valence-corrected chi connectivity index (χ0v) is 11.0. The lowest BCUT2D eigenvalue weighted by Crippen LogP contribution is -2.51. The number of piperazine rings is 1. The van der Waals surface area contributed by atoms with Crippen LogP contribution < -0.4 is 10.1 Å². The lowest BCUT2D eigenvalue weighted by atomic mass is 10.1. The van der Waals surface area contributed by atoms with E-state index in [1.165, 1.54) is 4.90 Å². The van der Waals surface area contributed by atoms with Crippen molar-refractivity contribution in [3.8, 4) is 5.75 Å². The highest BCUT2D eigenvalue weighted by molar-refractivity contribution is 5.86. The third-order valence-electron chi connectivity index (χ3n) is 3.10. The van der Waals surface area contributed by atoms with E-state index in [0.29, 0.717) is 13.1 Å². The standard InChI is InChI=1S/C14H18N2O3/c1-2-11-5-3-4-6-12(11)19-10-14(18)16-8-7-15-13(17)9-16/h3-6H,2,7-10H2,1H3,(H,15,17). The van der Waals surface area contributed by atoms with Gasteiger partial charge in [0.2, 0.25) is 5.91 Å². The largest absolute Gasteiger partial charge is 0.483 e. The summed E-state index contributed by atoms with van der Waals surface area (Å²) in [5.41, 5.74) is 1.08. The predicted molar refractivity (Wildman–Crippen MR) is 70.9 cm³/mol. The van der Waals surface area contributed by atoms with E-state index in [4.69, 9.17) is 4.74 Å². The van der Waals surface area contributed by atoms with Crippen LogP contribution in [0.3, 0.4) is 0 Å². The van der Waals surface area contributed by atoms with Crippen molar-refractivity contribution in [2.75, 3.05) is 26.2 Å². The molecule has 0 unspecified atom stereocenters. The topological polar surface area (TPSA) is 58.6 Å². The van der Waals surface area contributed by atoms with E-state index in [-0.39, 0.29) is 25.0 Å². The van der Waals surface area contributed by atoms with Crippen molar-refractivity contribution < 1.29 is 14.3 Å². The number of hydrogen-bond donors (Lipinski definition) is 1. The maximum absolute atomic E-state index is 11.9. The van der Waals surface area contributed by atoms with E-state index in [2.05, 4.69) is 5.32 Å². The van der Waals surface area contributed by atoms with Crippen LogP contribution in [-0.2, 0) is 16.0 Å². The molecule has 19 heavy (non-hydrogen) atoms. The zero-order valence-electron chi connectivity index (χ0n) is 11.0. The molecule has 5 heteroatoms. The molecule has 1 fully saturated rings. The van der Waals surface area contributed by atoms with Gasteiger partial charge in [-0.2, -0.15) is 0 Å². The van der Waals surface area contributed by atoms with Gasteiger partial charge in [0.25, 0.3) is 5.91 Å². The molecule has 0 bridgehead atoms. The fourth-order valence-electron chi connectivity index (χ4n) is 2.02. The van der Waals surface area contributed by atoms with Crippen LogP contribution in [0.4, 0.5) is 0 Å². The number of carbonyl (C=O) groups is 2. The number of nitrogens with zero attached hydrogens (tertiary/aromatic N) is 1. The van der Waals surface area contributed by atoms with Crippen molar-refractivity contribution in [2.45, 2.75) is 13.3 Å². The maximum Gasteiger partial charge on any atom is 0.261 e. The van der Waals surface area contributed by atoms with Gasteiger partial charge in [-0.15, -0.1) is 0 Å². The molecular weight excluding hydrogens is 244 g/mol. The van der Waals surface area contributed by atoms with Crippen molar-refractivity contribution in [3.63, 3.8) is 0 Å². The van der Waals surface area contributed by atoms with Gasteiger partial charge in [0.1, 0.15) is 5.75 Å². The number of carbonyl (C=O) groups excluding carboxylic acids is 2. The third-order valence-corrected chi connectivity index (χ3v) is 3.10. The highest BCUT2D eigenvalue weighted by Gasteiger charge is 2.21. The molecule has 0 aliphatic carbocycles. The first-order valence-corrected chi connectivity index (χ1v) is 6.46. The summed E-state index contributed by atoms with van der Waals surface area (Å²) in [6, 6.07) is 7.67. The number of rotatable bonds is 4. The fraction of sp³-hybridized carbons (Fsp3) is 0.429. The third kappa shape index (κ3) is 3.47. The number of benzene rings is 1. The van der Waals surface area contributed by atoms with E-state index >= 15 is 0 Å². The molecule has 2 rings (SSSR count). The maximum atomic E-state index is 11.9. The van der Waals surface area contributed by atoms with E-state index in [0.717, 1.165) is 17.7 Å². The van der Waals surface area contributed by atoms with Crippen molar-refractivity contribution in [2.24, 2.45) is 0 Å². The molecule has 1 aliphatic rings. The van der Waals surface area contributed by atoms with Gasteiger partial charge in [-0.25, -0.2) is 0 Å². The minimum atomic E-state index is -0.152. The Morgan fingerprint density at radius 2 is 2.21 bits per heavy atom. The summed E-state index contributed by atoms with van der Waals surface area (Å²) in [6.45, 7) is 3.19. The quantitative estimate of drug-likeness (QED) is 0.864. The van der Waals surface area contributed by atoms with Crippen LogP contribution in [0.2, 0.25) is 0 Å². The van der Waals surface area contributed by atoms with Gasteiger partial charge in [0.15, 0.2) is 6.61 Å². The molecule has 1 saturated heterocycles. The molecular formula is C14H18N2O3. The average Bonchev–Trinajstić information content (AvgIpc) is 2.45. The second-order valence-electron chi connectivity index (χ2n) is 4.42. The molecule has 2 amide bonds. The molecule has 0 saturated carbocycles. The van der Waals surface area contributed by atoms with E-state index in [1.807, 2.05) is 31.2 Å². The predicted octanol–water partition coefficient (Wildman–Crippen LogP) is 0.586. The first kappa shape index (κ1) is 13.4. The minimum Gasteiger partial charge on any atom is -0.483 e. The summed E-state index contributed by atoms with van der Waals surface area (Å²) in [7, 11) is 0. The Kier molecular flexibility index (Phi) is 4.39. The Morgan fingerprint density at radius 1 is 1.42 bits per heavy atom. The fourth-order valence-corrected chi connectivity index (χ4v) is 2.02. The summed E-state index contributed by atoms with van der Waals surface area (Å²) in [6.07, 6.45) is 0.858. The molecule has 1 aromatic rings. The van der Waals surface area contributed by atoms with E-state index in [9.17, 15) is 9.59 Å². The summed E-state index contributed by atoms with van der Waals surface area (Å²) in [5, 5.41) is 2.69. The number of amides is 2. The van der Waals surface area contributed by atoms with Crippen LogP contribution in [0.5, 0.6) is 5.75 Å². The Balaban J connectivity index is 1.91. The van der Waals surface area contributed by atoms with Crippen LogP contribution in [0.25, 0.3) is 0 Å². The van der Waals surface area contributed by atoms with Gasteiger partial charge in [-0.3, -0.25) is 9.59 Å². The monoisotopic (exact) mass is 262 g/mol. The van der Waals surface area contributed by atoms with Crippen molar-refractivity contribution in [1.82, 2.24) is 10.2 Å². The molecule has 1 N–H and O–H groups in total. The summed E-state index contributed by atoms with van der Waals surface area (Å²) in [4.78, 5) is 24.7. The molecule has 0 spiro atoms. The van der Waals surface area contributed by atoms with Crippen molar-refractivity contribution >= 4 is 11.8 Å². The van der Waals surface area contributed by atoms with Crippen molar-refractivity contribution in [1.29, 1.82) is 0 Å². The van der Waals surface area contributed by atoms with Gasteiger partial charge in [0.05, 0.1) is 6.54 Å². The normalized spacial score (nSPS) is 15.0. The number of hydrogen-bond acceptors (Lipinski definition) is 3. The van der Waals surface area contributed by atoms with Crippen LogP contribution >= 0.6 is 0 Å². The summed E-state index contributed by atoms with van der Waals surface area (Å²) < 4.78 is 5.56. The zero-order chi connectivity index (χ0) is 13.7. The van der Waals surface area contributed by atoms with Gasteiger partial charge in [-0.1, -0.05) is 25.1 Å². The van der Waals surface area contributed by atoms with E-state index < -0.39 is 0 Å². The Labute approximate surface area is 112 Å². The lowest BCUT2D eigenvalue weighted by Gasteiger charge is -2.26. The first-order chi connectivity index (χ1) is 9.20. The molecule has 1 heterocycles. The number of ether oxygens (including phenoxy) is 1. The number of aryl methyl sites for hydroxylation is 1. The highest BCUT2D eigenvalue weighted by Crippen LogP contribution is 2.18. The minimum absolute atomic E-state index is 0.0235. The Morgan fingerprint density at radius 3 is 2.95 bits per heavy atom. The molecule has 0 atom stereocenters. The van der Waals surface area contributed by atoms with Crippen LogP contribution in [0.1, 0.15) is 12.5 Å². The molecule has 5 nitrogen and oxygen atoms in total. The summed E-state index contributed by atoms with van der Waals surface area (Å²) in [5.74, 6) is 0.467. The van der Waals surface area contributed by atoms with Gasteiger partial charge >= 0.3 is 0 Å². The van der Waals surface area contributed by atoms with Gasteiger partial charge < -0.3 is 15.0 Å². The van der Waals surface area contributed by atoms with Crippen LogP contribution in [0, 0.1) is 0 Å². The Bertz CT molecular complexity index is 474. The van der Waals surface area contributed by atoms with Gasteiger partial charge in [0, 0.05) is 13.1 Å². The summed E-state index contributed by atoms with van der Waals surface area (Å²) >= 11 is 0. The average molecular weight is 262 g/mol. The number of para-hydroxylation sites is 1. The van der Waals surface area contributed by atoms with Crippen LogP contribution in [-0.4, -0.2) is 43.0 Å². The Hall–Kier alpha value is -2.04. The second kappa shape index (κ2) is 6.22. The smallest absolute Gasteiger partial charge is 0.261 e. The van der Waals surface area contributed by atoms with Crippen LogP contribution in [0.15, 0.2) is 24.3 Å². The highest BCUT2D eigenvalue weighted by atomic mass is 16.5. The SMILES string of the molecule is CCc1ccccc1OCC(=O)N1CCNC(=O)C1. The second-order valence-corrected chi connectivity index (χ2v) is 4.42. The lowest BCUT2D eigenvalue weighted by molar-refractivity contribution is -0.139. The van der Waals surface area contributed by atoms with E-state index in [1.54, 1.807) is 0 Å². The molecule has 0 radical (unpaired) electrons. The van der Waals surface area contributed by atoms with Gasteiger partial charge in [-0.05, 0) is 18.1 Å².